The number of rotatable bonds is 4. The highest BCUT2D eigenvalue weighted by Gasteiger charge is 2.31. The fourth-order valence-corrected chi connectivity index (χ4v) is 2.87. The lowest BCUT2D eigenvalue weighted by molar-refractivity contribution is -0.127. The number of amides is 2. The SMILES string of the molecule is CNC(=O)C1CN(CC(=O)Nc2ccc(Cl)cc2F)c2ccccc2O1. The van der Waals surface area contributed by atoms with E-state index < -0.39 is 17.8 Å². The summed E-state index contributed by atoms with van der Waals surface area (Å²) in [5, 5.41) is 5.30. The van der Waals surface area contributed by atoms with Gasteiger partial charge in [-0.15, -0.1) is 0 Å². The molecule has 2 amide bonds. The van der Waals surface area contributed by atoms with Crippen molar-refractivity contribution in [1.29, 1.82) is 0 Å². The van der Waals surface area contributed by atoms with Crippen molar-refractivity contribution < 1.29 is 18.7 Å². The summed E-state index contributed by atoms with van der Waals surface area (Å²) < 4.78 is 19.5. The average molecular weight is 378 g/mol. The predicted octanol–water partition coefficient (Wildman–Crippen LogP) is 2.43. The number of nitrogens with zero attached hydrogens (tertiary/aromatic N) is 1. The van der Waals surface area contributed by atoms with Gasteiger partial charge >= 0.3 is 0 Å². The Hall–Kier alpha value is -2.80. The largest absolute Gasteiger partial charge is 0.477 e. The summed E-state index contributed by atoms with van der Waals surface area (Å²) in [5.74, 6) is -0.804. The Balaban J connectivity index is 1.76. The number of ether oxygens (including phenoxy) is 1. The zero-order chi connectivity index (χ0) is 18.7. The van der Waals surface area contributed by atoms with Crippen molar-refractivity contribution in [3.8, 4) is 5.75 Å². The molecule has 1 aliphatic rings. The summed E-state index contributed by atoms with van der Waals surface area (Å²) >= 11 is 5.71. The van der Waals surface area contributed by atoms with Crippen LogP contribution in [-0.4, -0.2) is 38.1 Å². The molecular weight excluding hydrogens is 361 g/mol. The maximum Gasteiger partial charge on any atom is 0.262 e. The van der Waals surface area contributed by atoms with Crippen molar-refractivity contribution in [2.24, 2.45) is 0 Å². The van der Waals surface area contributed by atoms with Crippen molar-refractivity contribution in [2.45, 2.75) is 6.10 Å². The molecule has 0 spiro atoms. The Morgan fingerprint density at radius 1 is 1.31 bits per heavy atom. The van der Waals surface area contributed by atoms with Crippen molar-refractivity contribution in [1.82, 2.24) is 5.32 Å². The number of hydrogen-bond donors (Lipinski definition) is 2. The lowest BCUT2D eigenvalue weighted by Crippen LogP contribution is -2.50. The molecule has 6 nitrogen and oxygen atoms in total. The first-order valence-electron chi connectivity index (χ1n) is 7.95. The monoisotopic (exact) mass is 377 g/mol. The van der Waals surface area contributed by atoms with Crippen LogP contribution >= 0.6 is 11.6 Å². The minimum absolute atomic E-state index is 0.0452. The van der Waals surface area contributed by atoms with Crippen LogP contribution in [-0.2, 0) is 9.59 Å². The summed E-state index contributed by atoms with van der Waals surface area (Å²) in [4.78, 5) is 26.1. The van der Waals surface area contributed by atoms with Crippen LogP contribution in [0.25, 0.3) is 0 Å². The smallest absolute Gasteiger partial charge is 0.262 e. The van der Waals surface area contributed by atoms with E-state index >= 15 is 0 Å². The number of fused-ring (bicyclic) bond motifs is 1. The Kier molecular flexibility index (Phi) is 5.27. The lowest BCUT2D eigenvalue weighted by atomic mass is 10.1. The summed E-state index contributed by atoms with van der Waals surface area (Å²) in [6.07, 6.45) is -0.741. The molecule has 0 radical (unpaired) electrons. The number of carbonyl (C=O) groups excluding carboxylic acids is 2. The minimum atomic E-state index is -0.741. The van der Waals surface area contributed by atoms with E-state index in [1.807, 2.05) is 6.07 Å². The third-order valence-electron chi connectivity index (χ3n) is 3.94. The Morgan fingerprint density at radius 2 is 2.08 bits per heavy atom. The fourth-order valence-electron chi connectivity index (χ4n) is 2.71. The van der Waals surface area contributed by atoms with E-state index in [-0.39, 0.29) is 29.7 Å². The van der Waals surface area contributed by atoms with Crippen molar-refractivity contribution in [2.75, 3.05) is 30.4 Å². The summed E-state index contributed by atoms with van der Waals surface area (Å²) in [6.45, 7) is 0.142. The van der Waals surface area contributed by atoms with Gasteiger partial charge in [0, 0.05) is 12.1 Å². The third kappa shape index (κ3) is 3.88. The summed E-state index contributed by atoms with van der Waals surface area (Å²) in [6, 6.07) is 11.1. The van der Waals surface area contributed by atoms with Crippen molar-refractivity contribution in [3.63, 3.8) is 0 Å². The number of halogens is 2. The van der Waals surface area contributed by atoms with E-state index in [0.29, 0.717) is 11.4 Å². The molecule has 136 valence electrons. The molecule has 2 aromatic rings. The number of para-hydroxylation sites is 2. The fraction of sp³-hybridized carbons (Fsp3) is 0.222. The molecule has 0 saturated heterocycles. The zero-order valence-corrected chi connectivity index (χ0v) is 14.7. The molecule has 1 aliphatic heterocycles. The second-order valence-corrected chi connectivity index (χ2v) is 6.18. The maximum atomic E-state index is 13.9. The van der Waals surface area contributed by atoms with Crippen LogP contribution in [0.1, 0.15) is 0 Å². The molecule has 26 heavy (non-hydrogen) atoms. The first-order valence-corrected chi connectivity index (χ1v) is 8.33. The zero-order valence-electron chi connectivity index (χ0n) is 14.0. The van der Waals surface area contributed by atoms with Crippen LogP contribution in [0, 0.1) is 5.82 Å². The normalized spacial score (nSPS) is 15.7. The molecule has 0 fully saturated rings. The van der Waals surface area contributed by atoms with Crippen molar-refractivity contribution in [3.05, 3.63) is 53.3 Å². The number of likely N-dealkylation sites (N-methyl/N-ethyl adjacent to an activating group) is 1. The van der Waals surface area contributed by atoms with E-state index in [1.165, 1.54) is 19.2 Å². The molecular formula is C18H17ClFN3O3. The molecule has 2 N–H and O–H groups in total. The van der Waals surface area contributed by atoms with Gasteiger partial charge in [-0.25, -0.2) is 4.39 Å². The Bertz CT molecular complexity index is 846. The van der Waals surface area contributed by atoms with Gasteiger partial charge in [-0.05, 0) is 30.3 Å². The minimum Gasteiger partial charge on any atom is -0.477 e. The van der Waals surface area contributed by atoms with Gasteiger partial charge in [0.1, 0.15) is 11.6 Å². The third-order valence-corrected chi connectivity index (χ3v) is 4.17. The topological polar surface area (TPSA) is 70.7 Å². The molecule has 0 aliphatic carbocycles. The molecule has 3 rings (SSSR count). The highest BCUT2D eigenvalue weighted by atomic mass is 35.5. The number of hydrogen-bond acceptors (Lipinski definition) is 4. The van der Waals surface area contributed by atoms with Crippen LogP contribution in [0.3, 0.4) is 0 Å². The molecule has 8 heteroatoms. The lowest BCUT2D eigenvalue weighted by Gasteiger charge is -2.35. The summed E-state index contributed by atoms with van der Waals surface area (Å²) in [7, 11) is 1.52. The average Bonchev–Trinajstić information content (AvgIpc) is 2.63. The van der Waals surface area contributed by atoms with E-state index in [0.717, 1.165) is 6.07 Å². The molecule has 1 heterocycles. The second-order valence-electron chi connectivity index (χ2n) is 5.74. The predicted molar refractivity (Wildman–Crippen MR) is 97.2 cm³/mol. The van der Waals surface area contributed by atoms with Gasteiger partial charge in [0.25, 0.3) is 5.91 Å². The van der Waals surface area contributed by atoms with Crippen LogP contribution in [0.2, 0.25) is 5.02 Å². The molecule has 1 atom stereocenters. The molecule has 0 bridgehead atoms. The molecule has 0 aromatic heterocycles. The summed E-state index contributed by atoms with van der Waals surface area (Å²) in [5.41, 5.74) is 0.739. The van der Waals surface area contributed by atoms with Gasteiger partial charge in [0.2, 0.25) is 5.91 Å². The van der Waals surface area contributed by atoms with Crippen molar-refractivity contribution >= 4 is 34.8 Å². The van der Waals surface area contributed by atoms with Gasteiger partial charge in [-0.3, -0.25) is 9.59 Å². The second kappa shape index (κ2) is 7.61. The van der Waals surface area contributed by atoms with Gasteiger partial charge in [0.05, 0.1) is 24.5 Å². The van der Waals surface area contributed by atoms with Gasteiger partial charge < -0.3 is 20.3 Å². The number of anilines is 2. The first kappa shape index (κ1) is 18.0. The Labute approximate surface area is 154 Å². The highest BCUT2D eigenvalue weighted by molar-refractivity contribution is 6.30. The quantitative estimate of drug-likeness (QED) is 0.858. The molecule has 2 aromatic carbocycles. The van der Waals surface area contributed by atoms with E-state index in [2.05, 4.69) is 10.6 Å². The first-order chi connectivity index (χ1) is 12.5. The maximum absolute atomic E-state index is 13.9. The standard InChI is InChI=1S/C18H17ClFN3O3/c1-21-18(25)16-9-23(14-4-2-3-5-15(14)26-16)10-17(24)22-13-7-6-11(19)8-12(13)20/h2-8,16H,9-10H2,1H3,(H,21,25)(H,22,24). The van der Waals surface area contributed by atoms with Gasteiger partial charge in [0.15, 0.2) is 6.10 Å². The number of carbonyl (C=O) groups is 2. The van der Waals surface area contributed by atoms with E-state index in [4.69, 9.17) is 16.3 Å². The molecule has 1 unspecified atom stereocenters. The molecule has 0 saturated carbocycles. The Morgan fingerprint density at radius 3 is 2.81 bits per heavy atom. The van der Waals surface area contributed by atoms with E-state index in [9.17, 15) is 14.0 Å². The van der Waals surface area contributed by atoms with E-state index in [1.54, 1.807) is 23.1 Å². The van der Waals surface area contributed by atoms with Crippen LogP contribution in [0.15, 0.2) is 42.5 Å². The number of benzene rings is 2. The van der Waals surface area contributed by atoms with Crippen LogP contribution < -0.4 is 20.3 Å². The number of nitrogens with one attached hydrogen (secondary N) is 2. The van der Waals surface area contributed by atoms with Crippen LogP contribution in [0.5, 0.6) is 5.75 Å². The highest BCUT2D eigenvalue weighted by Crippen LogP contribution is 2.33. The van der Waals surface area contributed by atoms with Gasteiger partial charge in [-0.2, -0.15) is 0 Å². The van der Waals surface area contributed by atoms with Gasteiger partial charge in [-0.1, -0.05) is 23.7 Å². The van der Waals surface area contributed by atoms with Crippen LogP contribution in [0.4, 0.5) is 15.8 Å².